The van der Waals surface area contributed by atoms with Crippen LogP contribution in [-0.2, 0) is 0 Å². The molecule has 0 radical (unpaired) electrons. The van der Waals surface area contributed by atoms with Crippen LogP contribution >= 0.6 is 0 Å². The minimum absolute atomic E-state index is 0.0460. The van der Waals surface area contributed by atoms with Crippen LogP contribution in [0.3, 0.4) is 0 Å². The first kappa shape index (κ1) is 11.4. The second kappa shape index (κ2) is 4.82. The van der Waals surface area contributed by atoms with Crippen molar-refractivity contribution in [2.45, 2.75) is 12.1 Å². The van der Waals surface area contributed by atoms with E-state index >= 15 is 0 Å². The van der Waals surface area contributed by atoms with Gasteiger partial charge in [-0.1, -0.05) is 12.1 Å². The van der Waals surface area contributed by atoms with Gasteiger partial charge in [0, 0.05) is 13.1 Å². The number of nitrogens with zero attached hydrogens (tertiary/aromatic N) is 1. The van der Waals surface area contributed by atoms with Crippen LogP contribution in [0.2, 0.25) is 0 Å². The van der Waals surface area contributed by atoms with Crippen LogP contribution in [-0.4, -0.2) is 42.9 Å². The van der Waals surface area contributed by atoms with Gasteiger partial charge in [-0.25, -0.2) is 0 Å². The molecular formula is C12H18N2O2. The molecule has 1 unspecified atom stereocenters. The number of aliphatic hydroxyl groups is 1. The summed E-state index contributed by atoms with van der Waals surface area (Å²) in [5.74, 6) is 0.833. The zero-order valence-corrected chi connectivity index (χ0v) is 9.47. The van der Waals surface area contributed by atoms with Crippen LogP contribution in [0.25, 0.3) is 0 Å². The van der Waals surface area contributed by atoms with E-state index in [9.17, 15) is 0 Å². The number of benzene rings is 1. The molecule has 1 aliphatic rings. The average Bonchev–Trinajstić information content (AvgIpc) is 2.26. The van der Waals surface area contributed by atoms with E-state index in [1.165, 1.54) is 0 Å². The highest BCUT2D eigenvalue weighted by Gasteiger charge is 2.24. The molecular weight excluding hydrogens is 204 g/mol. The van der Waals surface area contributed by atoms with E-state index in [4.69, 9.17) is 15.6 Å². The van der Waals surface area contributed by atoms with Gasteiger partial charge in [-0.15, -0.1) is 0 Å². The van der Waals surface area contributed by atoms with E-state index in [2.05, 4.69) is 11.9 Å². The van der Waals surface area contributed by atoms with Crippen LogP contribution in [0.1, 0.15) is 11.6 Å². The molecule has 1 aliphatic heterocycles. The molecule has 1 aromatic rings. The van der Waals surface area contributed by atoms with Gasteiger partial charge in [0.2, 0.25) is 0 Å². The van der Waals surface area contributed by atoms with E-state index in [0.717, 1.165) is 24.4 Å². The largest absolute Gasteiger partial charge is 0.488 e. The van der Waals surface area contributed by atoms with Crippen molar-refractivity contribution in [2.24, 2.45) is 5.73 Å². The van der Waals surface area contributed by atoms with E-state index in [1.807, 2.05) is 24.3 Å². The quantitative estimate of drug-likeness (QED) is 0.773. The zero-order chi connectivity index (χ0) is 11.5. The Labute approximate surface area is 95.6 Å². The highest BCUT2D eigenvalue weighted by molar-refractivity contribution is 5.30. The molecule has 0 spiro atoms. The number of rotatable bonds is 4. The second-order valence-electron chi connectivity index (χ2n) is 4.32. The first-order valence-corrected chi connectivity index (χ1v) is 5.50. The Morgan fingerprint density at radius 3 is 2.94 bits per heavy atom. The summed E-state index contributed by atoms with van der Waals surface area (Å²) >= 11 is 0. The molecule has 1 fully saturated rings. The molecule has 0 amide bonds. The lowest BCUT2D eigenvalue weighted by atomic mass is 10.1. The molecule has 0 saturated carbocycles. The van der Waals surface area contributed by atoms with Crippen LogP contribution in [0.15, 0.2) is 24.3 Å². The van der Waals surface area contributed by atoms with Crippen molar-refractivity contribution in [3.8, 4) is 5.75 Å². The van der Waals surface area contributed by atoms with Gasteiger partial charge < -0.3 is 15.6 Å². The summed E-state index contributed by atoms with van der Waals surface area (Å²) in [6, 6.07) is 7.31. The lowest BCUT2D eigenvalue weighted by Crippen LogP contribution is -2.51. The van der Waals surface area contributed by atoms with Gasteiger partial charge in [-0.05, 0) is 24.7 Å². The second-order valence-corrected chi connectivity index (χ2v) is 4.32. The Morgan fingerprint density at radius 2 is 2.31 bits per heavy atom. The molecule has 88 valence electrons. The predicted octanol–water partition coefficient (Wildman–Crippen LogP) is 0.371. The summed E-state index contributed by atoms with van der Waals surface area (Å²) in [5, 5.41) is 8.98. The molecule has 1 heterocycles. The predicted molar refractivity (Wildman–Crippen MR) is 62.4 cm³/mol. The highest BCUT2D eigenvalue weighted by atomic mass is 16.5. The van der Waals surface area contributed by atoms with E-state index in [0.29, 0.717) is 0 Å². The Hall–Kier alpha value is -1.10. The Balaban J connectivity index is 1.99. The monoisotopic (exact) mass is 222 g/mol. The maximum absolute atomic E-state index is 8.98. The van der Waals surface area contributed by atoms with Gasteiger partial charge >= 0.3 is 0 Å². The topological polar surface area (TPSA) is 58.7 Å². The van der Waals surface area contributed by atoms with Crippen molar-refractivity contribution in [3.05, 3.63) is 29.8 Å². The third-order valence-corrected chi connectivity index (χ3v) is 2.82. The maximum Gasteiger partial charge on any atom is 0.124 e. The number of likely N-dealkylation sites (N-methyl/N-ethyl adjacent to an activating group) is 1. The summed E-state index contributed by atoms with van der Waals surface area (Å²) < 4.78 is 5.78. The summed E-state index contributed by atoms with van der Waals surface area (Å²) in [4.78, 5) is 2.20. The fourth-order valence-electron chi connectivity index (χ4n) is 1.83. The third kappa shape index (κ3) is 2.52. The number of likely N-dealkylation sites (tertiary alicyclic amines) is 1. The van der Waals surface area contributed by atoms with Crippen LogP contribution in [0.4, 0.5) is 0 Å². The normalized spacial score (nSPS) is 19.2. The van der Waals surface area contributed by atoms with Crippen LogP contribution in [0.5, 0.6) is 5.75 Å². The number of nitrogens with two attached hydrogens (primary N) is 1. The smallest absolute Gasteiger partial charge is 0.124 e. The number of hydrogen-bond donors (Lipinski definition) is 2. The van der Waals surface area contributed by atoms with Crippen molar-refractivity contribution in [1.29, 1.82) is 0 Å². The van der Waals surface area contributed by atoms with Crippen LogP contribution in [0, 0.1) is 0 Å². The van der Waals surface area contributed by atoms with Crippen LogP contribution < -0.4 is 10.5 Å². The first-order valence-electron chi connectivity index (χ1n) is 5.50. The summed E-state index contributed by atoms with van der Waals surface area (Å²) in [5.41, 5.74) is 6.66. The van der Waals surface area contributed by atoms with E-state index in [-0.39, 0.29) is 18.8 Å². The molecule has 16 heavy (non-hydrogen) atoms. The van der Waals surface area contributed by atoms with E-state index < -0.39 is 0 Å². The highest BCUT2D eigenvalue weighted by Crippen LogP contribution is 2.20. The van der Waals surface area contributed by atoms with Crippen molar-refractivity contribution >= 4 is 0 Å². The lowest BCUT2D eigenvalue weighted by molar-refractivity contribution is 0.0387. The van der Waals surface area contributed by atoms with Gasteiger partial charge in [-0.2, -0.15) is 0 Å². The summed E-state index contributed by atoms with van der Waals surface area (Å²) in [6.07, 6.45) is 0.283. The molecule has 0 bridgehead atoms. The number of ether oxygens (including phenoxy) is 1. The third-order valence-electron chi connectivity index (χ3n) is 2.82. The molecule has 0 aromatic heterocycles. The Bertz CT molecular complexity index is 351. The first-order chi connectivity index (χ1) is 7.69. The van der Waals surface area contributed by atoms with E-state index in [1.54, 1.807) is 0 Å². The van der Waals surface area contributed by atoms with Crippen molar-refractivity contribution in [1.82, 2.24) is 4.90 Å². The molecule has 1 aromatic carbocycles. The molecule has 3 N–H and O–H groups in total. The Morgan fingerprint density at radius 1 is 1.56 bits per heavy atom. The molecule has 1 atom stereocenters. The van der Waals surface area contributed by atoms with Crippen molar-refractivity contribution in [3.63, 3.8) is 0 Å². The number of hydrogen-bond acceptors (Lipinski definition) is 4. The minimum Gasteiger partial charge on any atom is -0.488 e. The lowest BCUT2D eigenvalue weighted by Gasteiger charge is -2.36. The molecule has 1 saturated heterocycles. The summed E-state index contributed by atoms with van der Waals surface area (Å²) in [7, 11) is 2.07. The van der Waals surface area contributed by atoms with Gasteiger partial charge in [-0.3, -0.25) is 4.90 Å². The average molecular weight is 222 g/mol. The maximum atomic E-state index is 8.98. The summed E-state index contributed by atoms with van der Waals surface area (Å²) in [6.45, 7) is 1.89. The molecule has 2 rings (SSSR count). The SMILES string of the molecule is CN1CC(Oc2cccc(C(N)CO)c2)C1. The zero-order valence-electron chi connectivity index (χ0n) is 9.47. The number of aliphatic hydroxyl groups excluding tert-OH is 1. The van der Waals surface area contributed by atoms with Crippen molar-refractivity contribution < 1.29 is 9.84 Å². The molecule has 4 nitrogen and oxygen atoms in total. The standard InChI is InChI=1S/C12H18N2O2/c1-14-6-11(7-14)16-10-4-2-3-9(5-10)12(13)8-15/h2-5,11-12,15H,6-8,13H2,1H3. The fourth-order valence-corrected chi connectivity index (χ4v) is 1.83. The van der Waals surface area contributed by atoms with Gasteiger partial charge in [0.15, 0.2) is 0 Å². The Kier molecular flexibility index (Phi) is 3.43. The van der Waals surface area contributed by atoms with Crippen molar-refractivity contribution in [2.75, 3.05) is 26.7 Å². The minimum atomic E-state index is -0.326. The van der Waals surface area contributed by atoms with Gasteiger partial charge in [0.1, 0.15) is 11.9 Å². The van der Waals surface area contributed by atoms with Gasteiger partial charge in [0.05, 0.1) is 12.6 Å². The van der Waals surface area contributed by atoms with Gasteiger partial charge in [0.25, 0.3) is 0 Å². The molecule has 4 heteroatoms. The fraction of sp³-hybridized carbons (Fsp3) is 0.500. The molecule has 0 aliphatic carbocycles.